The van der Waals surface area contributed by atoms with Crippen molar-refractivity contribution < 1.29 is 9.90 Å². The molecule has 0 spiro atoms. The second-order valence-electron chi connectivity index (χ2n) is 6.16. The van der Waals surface area contributed by atoms with Crippen LogP contribution in [0.15, 0.2) is 12.1 Å². The monoisotopic (exact) mass is 276 g/mol. The first-order chi connectivity index (χ1) is 9.52. The van der Waals surface area contributed by atoms with Crippen LogP contribution in [-0.4, -0.2) is 22.6 Å². The van der Waals surface area contributed by atoms with Crippen molar-refractivity contribution >= 4 is 11.8 Å². The van der Waals surface area contributed by atoms with E-state index in [0.717, 1.165) is 25.1 Å². The molecule has 110 valence electrons. The van der Waals surface area contributed by atoms with Gasteiger partial charge in [-0.1, -0.05) is 33.1 Å². The summed E-state index contributed by atoms with van der Waals surface area (Å²) in [7, 11) is 0. The van der Waals surface area contributed by atoms with Gasteiger partial charge in [-0.2, -0.15) is 0 Å². The number of carboxylic acid groups (broad SMARTS) is 1. The van der Waals surface area contributed by atoms with Gasteiger partial charge in [0.2, 0.25) is 0 Å². The summed E-state index contributed by atoms with van der Waals surface area (Å²) in [5.41, 5.74) is 1.50. The van der Waals surface area contributed by atoms with Gasteiger partial charge in [-0.15, -0.1) is 0 Å². The summed E-state index contributed by atoms with van der Waals surface area (Å²) in [5, 5.41) is 12.5. The summed E-state index contributed by atoms with van der Waals surface area (Å²) in [6.07, 6.45) is 6.84. The normalized spacial score (nSPS) is 17.1. The minimum atomic E-state index is -0.889. The first-order valence-electron chi connectivity index (χ1n) is 7.50. The minimum absolute atomic E-state index is 0.322. The van der Waals surface area contributed by atoms with E-state index in [9.17, 15) is 9.90 Å². The van der Waals surface area contributed by atoms with Crippen molar-refractivity contribution in [2.24, 2.45) is 5.41 Å². The summed E-state index contributed by atoms with van der Waals surface area (Å²) in [6, 6.07) is 3.31. The van der Waals surface area contributed by atoms with E-state index in [1.165, 1.54) is 25.7 Å². The van der Waals surface area contributed by atoms with Crippen LogP contribution in [0.4, 0.5) is 5.82 Å². The Morgan fingerprint density at radius 1 is 1.40 bits per heavy atom. The molecule has 1 aliphatic carbocycles. The smallest absolute Gasteiger partial charge is 0.335 e. The van der Waals surface area contributed by atoms with Crippen LogP contribution in [0, 0.1) is 5.41 Å². The summed E-state index contributed by atoms with van der Waals surface area (Å²) < 4.78 is 0. The van der Waals surface area contributed by atoms with Gasteiger partial charge in [-0.3, -0.25) is 0 Å². The Morgan fingerprint density at radius 3 is 2.70 bits per heavy atom. The Balaban J connectivity index is 2.11. The van der Waals surface area contributed by atoms with Gasteiger partial charge in [0.1, 0.15) is 5.82 Å². The maximum atomic E-state index is 11.2. The molecule has 1 aromatic heterocycles. The lowest BCUT2D eigenvalue weighted by atomic mass is 9.89. The Morgan fingerprint density at radius 2 is 2.10 bits per heavy atom. The van der Waals surface area contributed by atoms with Gasteiger partial charge in [-0.25, -0.2) is 9.78 Å². The van der Waals surface area contributed by atoms with Crippen LogP contribution in [0.1, 0.15) is 62.0 Å². The van der Waals surface area contributed by atoms with Crippen molar-refractivity contribution in [3.8, 4) is 0 Å². The molecule has 1 aromatic rings. The second-order valence-corrected chi connectivity index (χ2v) is 6.16. The lowest BCUT2D eigenvalue weighted by molar-refractivity contribution is 0.0696. The largest absolute Gasteiger partial charge is 0.478 e. The van der Waals surface area contributed by atoms with Crippen LogP contribution >= 0.6 is 0 Å². The molecule has 1 saturated carbocycles. The SMILES string of the molecule is CCCc1cc(C(=O)O)cc(NCC2(C)CCCC2)n1. The molecule has 20 heavy (non-hydrogen) atoms. The average Bonchev–Trinajstić information content (AvgIpc) is 2.84. The van der Waals surface area contributed by atoms with Crippen LogP contribution in [0.25, 0.3) is 0 Å². The fraction of sp³-hybridized carbons (Fsp3) is 0.625. The fourth-order valence-electron chi connectivity index (χ4n) is 2.90. The number of aromatic carboxylic acids is 1. The van der Waals surface area contributed by atoms with E-state index >= 15 is 0 Å². The van der Waals surface area contributed by atoms with E-state index < -0.39 is 5.97 Å². The molecule has 4 nitrogen and oxygen atoms in total. The minimum Gasteiger partial charge on any atom is -0.478 e. The number of rotatable bonds is 6. The van der Waals surface area contributed by atoms with Crippen LogP contribution in [0.2, 0.25) is 0 Å². The zero-order valence-corrected chi connectivity index (χ0v) is 12.4. The number of carboxylic acids is 1. The predicted octanol–water partition coefficient (Wildman–Crippen LogP) is 3.72. The summed E-state index contributed by atoms with van der Waals surface area (Å²) in [4.78, 5) is 15.7. The highest BCUT2D eigenvalue weighted by molar-refractivity contribution is 5.88. The maximum Gasteiger partial charge on any atom is 0.335 e. The second kappa shape index (κ2) is 6.25. The summed E-state index contributed by atoms with van der Waals surface area (Å²) >= 11 is 0. The number of aryl methyl sites for hydroxylation is 1. The molecule has 0 aliphatic heterocycles. The standard InChI is InChI=1S/C16H24N2O2/c1-3-6-13-9-12(15(19)20)10-14(18-13)17-11-16(2)7-4-5-8-16/h9-10H,3-8,11H2,1-2H3,(H,17,18)(H,19,20). The van der Waals surface area contributed by atoms with Crippen molar-refractivity contribution in [3.05, 3.63) is 23.4 Å². The maximum absolute atomic E-state index is 11.2. The van der Waals surface area contributed by atoms with Gasteiger partial charge in [-0.05, 0) is 36.8 Å². The molecule has 0 radical (unpaired) electrons. The number of pyridine rings is 1. The van der Waals surface area contributed by atoms with E-state index in [2.05, 4.69) is 24.1 Å². The highest BCUT2D eigenvalue weighted by Gasteiger charge is 2.28. The first-order valence-corrected chi connectivity index (χ1v) is 7.50. The van der Waals surface area contributed by atoms with E-state index in [1.807, 2.05) is 0 Å². The van der Waals surface area contributed by atoms with Crippen molar-refractivity contribution in [3.63, 3.8) is 0 Å². The molecule has 1 aliphatic rings. The highest BCUT2D eigenvalue weighted by atomic mass is 16.4. The average molecular weight is 276 g/mol. The van der Waals surface area contributed by atoms with Crippen LogP contribution in [-0.2, 0) is 6.42 Å². The molecular weight excluding hydrogens is 252 g/mol. The Labute approximate surface area is 120 Å². The molecule has 0 saturated heterocycles. The van der Waals surface area contributed by atoms with E-state index in [4.69, 9.17) is 0 Å². The Hall–Kier alpha value is -1.58. The van der Waals surface area contributed by atoms with Gasteiger partial charge in [0, 0.05) is 12.2 Å². The molecule has 0 bridgehead atoms. The molecule has 2 N–H and O–H groups in total. The lowest BCUT2D eigenvalue weighted by Gasteiger charge is -2.24. The number of anilines is 1. The van der Waals surface area contributed by atoms with Crippen LogP contribution in [0.3, 0.4) is 0 Å². The summed E-state index contributed by atoms with van der Waals surface area (Å²) in [6.45, 7) is 5.23. The van der Waals surface area contributed by atoms with Gasteiger partial charge in [0.25, 0.3) is 0 Å². The van der Waals surface area contributed by atoms with E-state index in [1.54, 1.807) is 12.1 Å². The van der Waals surface area contributed by atoms with E-state index in [0.29, 0.717) is 16.8 Å². The molecule has 2 rings (SSSR count). The number of nitrogens with one attached hydrogen (secondary N) is 1. The molecule has 0 atom stereocenters. The Bertz CT molecular complexity index is 479. The van der Waals surface area contributed by atoms with Crippen molar-refractivity contribution in [2.75, 3.05) is 11.9 Å². The Kier molecular flexibility index (Phi) is 4.63. The first kappa shape index (κ1) is 14.8. The molecule has 1 fully saturated rings. The number of aromatic nitrogens is 1. The molecular formula is C16H24N2O2. The highest BCUT2D eigenvalue weighted by Crippen LogP contribution is 2.37. The molecule has 0 unspecified atom stereocenters. The zero-order valence-electron chi connectivity index (χ0n) is 12.4. The molecule has 0 amide bonds. The zero-order chi connectivity index (χ0) is 14.6. The summed E-state index contributed by atoms with van der Waals surface area (Å²) in [5.74, 6) is -0.193. The van der Waals surface area contributed by atoms with Crippen molar-refractivity contribution in [1.82, 2.24) is 4.98 Å². The van der Waals surface area contributed by atoms with Crippen molar-refractivity contribution in [1.29, 1.82) is 0 Å². The number of hydrogen-bond acceptors (Lipinski definition) is 3. The third-order valence-corrected chi connectivity index (χ3v) is 4.14. The third-order valence-electron chi connectivity index (χ3n) is 4.14. The molecule has 4 heteroatoms. The third kappa shape index (κ3) is 3.71. The molecule has 0 aromatic carbocycles. The quantitative estimate of drug-likeness (QED) is 0.831. The van der Waals surface area contributed by atoms with E-state index in [-0.39, 0.29) is 0 Å². The fourth-order valence-corrected chi connectivity index (χ4v) is 2.90. The number of carbonyl (C=O) groups is 1. The van der Waals surface area contributed by atoms with Gasteiger partial charge in [0.15, 0.2) is 0 Å². The number of nitrogens with zero attached hydrogens (tertiary/aromatic N) is 1. The van der Waals surface area contributed by atoms with Crippen molar-refractivity contribution in [2.45, 2.75) is 52.4 Å². The lowest BCUT2D eigenvalue weighted by Crippen LogP contribution is -2.23. The predicted molar refractivity (Wildman–Crippen MR) is 80.3 cm³/mol. The van der Waals surface area contributed by atoms with Gasteiger partial charge >= 0.3 is 5.97 Å². The topological polar surface area (TPSA) is 62.2 Å². The molecule has 1 heterocycles. The van der Waals surface area contributed by atoms with Gasteiger partial charge in [0.05, 0.1) is 5.56 Å². The van der Waals surface area contributed by atoms with Gasteiger partial charge < -0.3 is 10.4 Å². The number of hydrogen-bond donors (Lipinski definition) is 2. The van der Waals surface area contributed by atoms with Crippen LogP contribution in [0.5, 0.6) is 0 Å². The van der Waals surface area contributed by atoms with Crippen LogP contribution < -0.4 is 5.32 Å².